The van der Waals surface area contributed by atoms with Crippen LogP contribution in [0.25, 0.3) is 0 Å². The summed E-state index contributed by atoms with van der Waals surface area (Å²) in [5.41, 5.74) is 0. The topological polar surface area (TPSA) is 113 Å². The maximum absolute atomic E-state index is 10.9. The Morgan fingerprint density at radius 3 is 2.57 bits per heavy atom. The van der Waals surface area contributed by atoms with Crippen molar-refractivity contribution in [1.82, 2.24) is 9.44 Å². The molecule has 7 nitrogen and oxygen atoms in total. The summed E-state index contributed by atoms with van der Waals surface area (Å²) in [5, 5.41) is 2.20. The summed E-state index contributed by atoms with van der Waals surface area (Å²) in [7, 11) is -3.83. The lowest BCUT2D eigenvalue weighted by atomic mass is 10.6. The molecular weight excluding hydrogens is 232 g/mol. The first-order valence-corrected chi connectivity index (χ1v) is 6.14. The molecule has 0 aliphatic carbocycles. The number of rotatable bonds is 6. The van der Waals surface area contributed by atoms with Gasteiger partial charge in [0, 0.05) is 6.54 Å². The zero-order valence-electron chi connectivity index (χ0n) is 7.10. The van der Waals surface area contributed by atoms with Crippen molar-refractivity contribution in [3.05, 3.63) is 12.7 Å². The molecule has 0 aromatic carbocycles. The van der Waals surface area contributed by atoms with E-state index in [0.29, 0.717) is 0 Å². The highest BCUT2D eigenvalue weighted by Gasteiger charge is 2.12. The van der Waals surface area contributed by atoms with E-state index in [1.54, 1.807) is 0 Å². The third-order valence-corrected chi connectivity index (χ3v) is 3.38. The highest BCUT2D eigenvalue weighted by atomic mass is 32.3. The van der Waals surface area contributed by atoms with Gasteiger partial charge in [0.15, 0.2) is 0 Å². The van der Waals surface area contributed by atoms with Gasteiger partial charge in [-0.05, 0) is 6.08 Å². The third-order valence-electron chi connectivity index (χ3n) is 1.05. The van der Waals surface area contributed by atoms with Gasteiger partial charge in [0.25, 0.3) is 0 Å². The second-order valence-corrected chi connectivity index (χ2v) is 4.95. The van der Waals surface area contributed by atoms with E-state index in [1.807, 2.05) is 0 Å². The van der Waals surface area contributed by atoms with Gasteiger partial charge in [-0.1, -0.05) is 6.58 Å². The zero-order valence-corrected chi connectivity index (χ0v) is 8.73. The van der Waals surface area contributed by atoms with E-state index in [0.717, 1.165) is 6.08 Å². The Morgan fingerprint density at radius 1 is 1.57 bits per heavy atom. The largest absolute Gasteiger partial charge is 0.351 e. The first-order valence-electron chi connectivity index (χ1n) is 3.38. The first kappa shape index (κ1) is 13.2. The van der Waals surface area contributed by atoms with Crippen molar-refractivity contribution in [2.75, 3.05) is 12.3 Å². The minimum Gasteiger partial charge on any atom is -0.351 e. The Labute approximate surface area is 84.0 Å². The SMILES string of the molecule is C=CC(=O)NCCS(=O)(=O)NS(=O)O. The fraction of sp³-hybridized carbons (Fsp3) is 0.400. The van der Waals surface area contributed by atoms with E-state index >= 15 is 0 Å². The van der Waals surface area contributed by atoms with Crippen LogP contribution in [0, 0.1) is 0 Å². The van der Waals surface area contributed by atoms with E-state index in [2.05, 4.69) is 11.9 Å². The minimum absolute atomic E-state index is 0.155. The van der Waals surface area contributed by atoms with Crippen LogP contribution in [0.1, 0.15) is 0 Å². The molecule has 0 aliphatic heterocycles. The van der Waals surface area contributed by atoms with Crippen LogP contribution < -0.4 is 9.44 Å². The Balaban J connectivity index is 3.95. The summed E-state index contributed by atoms with van der Waals surface area (Å²) in [5.74, 6) is -0.982. The minimum atomic E-state index is -3.83. The summed E-state index contributed by atoms with van der Waals surface area (Å²) in [6.45, 7) is 3.00. The predicted molar refractivity (Wildman–Crippen MR) is 50.9 cm³/mol. The lowest BCUT2D eigenvalue weighted by molar-refractivity contribution is -0.116. The van der Waals surface area contributed by atoms with Gasteiger partial charge in [0.1, 0.15) is 0 Å². The van der Waals surface area contributed by atoms with Crippen LogP contribution in [0.5, 0.6) is 0 Å². The van der Waals surface area contributed by atoms with Crippen molar-refractivity contribution in [2.24, 2.45) is 0 Å². The van der Waals surface area contributed by atoms with Crippen LogP contribution >= 0.6 is 0 Å². The number of amides is 1. The van der Waals surface area contributed by atoms with E-state index in [1.165, 1.54) is 4.13 Å². The molecule has 0 radical (unpaired) electrons. The van der Waals surface area contributed by atoms with Crippen LogP contribution in [0.2, 0.25) is 0 Å². The quantitative estimate of drug-likeness (QED) is 0.381. The molecule has 0 aromatic heterocycles. The van der Waals surface area contributed by atoms with E-state index in [4.69, 9.17) is 4.55 Å². The molecule has 0 bridgehead atoms. The Hall–Kier alpha value is -0.770. The van der Waals surface area contributed by atoms with Gasteiger partial charge in [-0.2, -0.15) is 0 Å². The highest BCUT2D eigenvalue weighted by molar-refractivity contribution is 7.99. The molecule has 14 heavy (non-hydrogen) atoms. The van der Waals surface area contributed by atoms with Crippen molar-refractivity contribution in [3.8, 4) is 0 Å². The van der Waals surface area contributed by atoms with Crippen LogP contribution in [0.3, 0.4) is 0 Å². The summed E-state index contributed by atoms with van der Waals surface area (Å²) >= 11 is -2.62. The molecule has 82 valence electrons. The van der Waals surface area contributed by atoms with E-state index in [-0.39, 0.29) is 6.54 Å². The van der Waals surface area contributed by atoms with Gasteiger partial charge in [-0.25, -0.2) is 12.6 Å². The third kappa shape index (κ3) is 6.71. The normalized spacial score (nSPS) is 13.2. The van der Waals surface area contributed by atoms with Gasteiger partial charge in [0.05, 0.1) is 5.75 Å². The highest BCUT2D eigenvalue weighted by Crippen LogP contribution is 1.83. The Morgan fingerprint density at radius 2 is 2.14 bits per heavy atom. The van der Waals surface area contributed by atoms with Crippen LogP contribution in [0.15, 0.2) is 12.7 Å². The first-order chi connectivity index (χ1) is 6.37. The lowest BCUT2D eigenvalue weighted by Gasteiger charge is -2.03. The fourth-order valence-corrected chi connectivity index (χ4v) is 2.10. The Kier molecular flexibility index (Phi) is 5.53. The lowest BCUT2D eigenvalue weighted by Crippen LogP contribution is -2.34. The molecule has 0 aliphatic rings. The predicted octanol–water partition coefficient (Wildman–Crippen LogP) is -1.66. The molecule has 0 rings (SSSR count). The molecule has 0 fully saturated rings. The van der Waals surface area contributed by atoms with Crippen molar-refractivity contribution >= 4 is 27.2 Å². The van der Waals surface area contributed by atoms with E-state index < -0.39 is 32.9 Å². The maximum Gasteiger partial charge on any atom is 0.245 e. The van der Waals surface area contributed by atoms with Gasteiger partial charge in [-0.3, -0.25) is 9.35 Å². The number of hydrogen-bond donors (Lipinski definition) is 3. The van der Waals surface area contributed by atoms with Gasteiger partial charge >= 0.3 is 0 Å². The average molecular weight is 242 g/mol. The standard InChI is InChI=1S/C5H10N2O5S2/c1-2-5(8)6-3-4-14(11,12)7-13(9)10/h2,7H,1,3-4H2,(H,6,8)(H,9,10). The zero-order chi connectivity index (χ0) is 11.2. The summed E-state index contributed by atoms with van der Waals surface area (Å²) in [6.07, 6.45) is 0.990. The van der Waals surface area contributed by atoms with Gasteiger partial charge in [0.2, 0.25) is 27.2 Å². The van der Waals surface area contributed by atoms with Crippen LogP contribution in [0.4, 0.5) is 0 Å². The Bertz CT molecular complexity index is 336. The number of carbonyl (C=O) groups is 1. The second kappa shape index (κ2) is 5.86. The molecule has 0 spiro atoms. The van der Waals surface area contributed by atoms with Crippen molar-refractivity contribution in [2.45, 2.75) is 0 Å². The fourth-order valence-electron chi connectivity index (χ4n) is 0.531. The molecule has 3 N–H and O–H groups in total. The molecule has 1 amide bonds. The molecule has 1 atom stereocenters. The van der Waals surface area contributed by atoms with Crippen LogP contribution in [-0.4, -0.2) is 35.4 Å². The maximum atomic E-state index is 10.9. The molecule has 0 saturated carbocycles. The summed E-state index contributed by atoms with van der Waals surface area (Å²) in [4.78, 5) is 10.6. The summed E-state index contributed by atoms with van der Waals surface area (Å²) in [6, 6.07) is 0. The molecule has 0 saturated heterocycles. The number of carbonyl (C=O) groups excluding carboxylic acids is 1. The molecule has 1 unspecified atom stereocenters. The van der Waals surface area contributed by atoms with Crippen molar-refractivity contribution in [3.63, 3.8) is 0 Å². The van der Waals surface area contributed by atoms with Crippen LogP contribution in [-0.2, 0) is 26.1 Å². The van der Waals surface area contributed by atoms with Gasteiger partial charge < -0.3 is 5.32 Å². The van der Waals surface area contributed by atoms with Crippen molar-refractivity contribution in [1.29, 1.82) is 0 Å². The average Bonchev–Trinajstić information content (AvgIpc) is 2.01. The number of hydrogen-bond acceptors (Lipinski definition) is 4. The monoisotopic (exact) mass is 242 g/mol. The molecule has 0 aromatic rings. The molecule has 0 heterocycles. The van der Waals surface area contributed by atoms with Gasteiger partial charge in [-0.15, -0.1) is 4.13 Å². The van der Waals surface area contributed by atoms with E-state index in [9.17, 15) is 17.4 Å². The molecule has 9 heteroatoms. The summed E-state index contributed by atoms with van der Waals surface area (Å²) < 4.78 is 41.5. The molecular formula is C5H10N2O5S2. The number of sulfonamides is 1. The number of nitrogens with one attached hydrogen (secondary N) is 2. The second-order valence-electron chi connectivity index (χ2n) is 2.15. The smallest absolute Gasteiger partial charge is 0.245 e. The van der Waals surface area contributed by atoms with Crippen molar-refractivity contribution < 1.29 is 22.0 Å².